The molecule has 0 aliphatic heterocycles. The van der Waals surface area contributed by atoms with E-state index >= 15 is 0 Å². The zero-order chi connectivity index (χ0) is 15.8. The molecule has 0 aliphatic carbocycles. The molecule has 0 heteroatoms. The van der Waals surface area contributed by atoms with E-state index in [4.69, 9.17) is 0 Å². The van der Waals surface area contributed by atoms with Gasteiger partial charge in [-0.3, -0.25) is 0 Å². The van der Waals surface area contributed by atoms with Gasteiger partial charge in [0.2, 0.25) is 0 Å². The van der Waals surface area contributed by atoms with E-state index in [2.05, 4.69) is 92.4 Å². The maximum absolute atomic E-state index is 4.27. The van der Waals surface area contributed by atoms with Crippen molar-refractivity contribution >= 4 is 27.1 Å². The fourth-order valence-corrected chi connectivity index (χ4v) is 3.49. The summed E-state index contributed by atoms with van der Waals surface area (Å²) < 4.78 is 0. The second-order valence-electron chi connectivity index (χ2n) is 5.99. The largest absolute Gasteiger partial charge is 0.0955 e. The Bertz CT molecular complexity index is 1020. The number of benzene rings is 4. The smallest absolute Gasteiger partial charge is 0.00239 e. The minimum Gasteiger partial charge on any atom is -0.0955 e. The maximum Gasteiger partial charge on any atom is -0.00239 e. The van der Waals surface area contributed by atoms with Crippen molar-refractivity contribution in [2.45, 2.75) is 6.92 Å². The number of fused-ring (bicyclic) bond motifs is 3. The maximum atomic E-state index is 4.27. The molecule has 23 heavy (non-hydrogen) atoms. The van der Waals surface area contributed by atoms with Crippen molar-refractivity contribution in [3.8, 4) is 11.1 Å². The summed E-state index contributed by atoms with van der Waals surface area (Å²) in [6, 6.07) is 27.9. The van der Waals surface area contributed by atoms with Gasteiger partial charge in [0, 0.05) is 0 Å². The fraction of sp³-hybridized carbons (Fsp3) is 0.0435. The van der Waals surface area contributed by atoms with Crippen LogP contribution in [0, 0.1) is 0 Å². The van der Waals surface area contributed by atoms with Gasteiger partial charge in [-0.25, -0.2) is 0 Å². The SMILES string of the molecule is C=C(C)c1c(-c2ccccc2)c2ccccc2c2ccccc12. The van der Waals surface area contributed by atoms with Gasteiger partial charge in [0.05, 0.1) is 0 Å². The molecule has 0 nitrogen and oxygen atoms in total. The van der Waals surface area contributed by atoms with E-state index in [9.17, 15) is 0 Å². The highest BCUT2D eigenvalue weighted by Crippen LogP contribution is 2.41. The van der Waals surface area contributed by atoms with E-state index in [1.165, 1.54) is 38.2 Å². The van der Waals surface area contributed by atoms with Gasteiger partial charge in [-0.05, 0) is 50.7 Å². The molecule has 110 valence electrons. The van der Waals surface area contributed by atoms with Crippen LogP contribution in [0.4, 0.5) is 0 Å². The quantitative estimate of drug-likeness (QED) is 0.361. The Morgan fingerprint density at radius 3 is 1.70 bits per heavy atom. The van der Waals surface area contributed by atoms with Crippen molar-refractivity contribution in [3.05, 3.63) is 91.0 Å². The number of hydrogen-bond donors (Lipinski definition) is 0. The van der Waals surface area contributed by atoms with Gasteiger partial charge >= 0.3 is 0 Å². The van der Waals surface area contributed by atoms with Crippen molar-refractivity contribution in [3.63, 3.8) is 0 Å². The van der Waals surface area contributed by atoms with Crippen molar-refractivity contribution in [2.75, 3.05) is 0 Å². The molecule has 0 amide bonds. The Labute approximate surface area is 136 Å². The van der Waals surface area contributed by atoms with E-state index in [0.717, 1.165) is 5.57 Å². The molecule has 0 fully saturated rings. The van der Waals surface area contributed by atoms with E-state index in [-0.39, 0.29) is 0 Å². The standard InChI is InChI=1S/C23H18/c1-16(2)22-20-14-8-6-12-18(20)19-13-7-9-15-21(19)23(22)17-10-4-3-5-11-17/h3-15H,1H2,2H3. The normalized spacial score (nSPS) is 11.0. The van der Waals surface area contributed by atoms with Gasteiger partial charge in [0.15, 0.2) is 0 Å². The molecule has 4 aromatic rings. The Morgan fingerprint density at radius 1 is 0.609 bits per heavy atom. The lowest BCUT2D eigenvalue weighted by molar-refractivity contribution is 1.61. The summed E-state index contributed by atoms with van der Waals surface area (Å²) in [5.74, 6) is 0. The molecule has 0 heterocycles. The first-order valence-corrected chi connectivity index (χ1v) is 7.92. The third kappa shape index (κ3) is 2.15. The molecule has 0 saturated heterocycles. The summed E-state index contributed by atoms with van der Waals surface area (Å²) in [6.07, 6.45) is 0. The van der Waals surface area contributed by atoms with Crippen LogP contribution < -0.4 is 0 Å². The van der Waals surface area contributed by atoms with E-state index in [1.54, 1.807) is 0 Å². The lowest BCUT2D eigenvalue weighted by Gasteiger charge is -2.18. The Kier molecular flexibility index (Phi) is 3.24. The van der Waals surface area contributed by atoms with Crippen molar-refractivity contribution < 1.29 is 0 Å². The van der Waals surface area contributed by atoms with E-state index in [1.807, 2.05) is 0 Å². The van der Waals surface area contributed by atoms with Crippen LogP contribution in [-0.2, 0) is 0 Å². The molecule has 0 aromatic heterocycles. The first kappa shape index (κ1) is 13.8. The minimum absolute atomic E-state index is 1.10. The molecule has 0 atom stereocenters. The molecule has 4 aromatic carbocycles. The average molecular weight is 294 g/mol. The monoisotopic (exact) mass is 294 g/mol. The Balaban J connectivity index is 2.30. The number of hydrogen-bond acceptors (Lipinski definition) is 0. The van der Waals surface area contributed by atoms with Crippen LogP contribution in [0.1, 0.15) is 12.5 Å². The van der Waals surface area contributed by atoms with Crippen LogP contribution in [0.5, 0.6) is 0 Å². The summed E-state index contributed by atoms with van der Waals surface area (Å²) in [6.45, 7) is 6.37. The van der Waals surface area contributed by atoms with Crippen LogP contribution in [0.3, 0.4) is 0 Å². The fourth-order valence-electron chi connectivity index (χ4n) is 3.49. The highest BCUT2D eigenvalue weighted by Gasteiger charge is 2.15. The first-order valence-electron chi connectivity index (χ1n) is 7.92. The lowest BCUT2D eigenvalue weighted by Crippen LogP contribution is -1.92. The predicted molar refractivity (Wildman–Crippen MR) is 102 cm³/mol. The van der Waals surface area contributed by atoms with Gasteiger partial charge in [-0.2, -0.15) is 0 Å². The molecule has 0 aliphatic rings. The zero-order valence-corrected chi connectivity index (χ0v) is 13.2. The van der Waals surface area contributed by atoms with E-state index in [0.29, 0.717) is 0 Å². The molecular weight excluding hydrogens is 276 g/mol. The summed E-state index contributed by atoms with van der Waals surface area (Å²) in [5, 5.41) is 5.15. The molecule has 0 N–H and O–H groups in total. The molecule has 0 bridgehead atoms. The topological polar surface area (TPSA) is 0 Å². The molecule has 0 spiro atoms. The Hall–Kier alpha value is -2.86. The van der Waals surface area contributed by atoms with Crippen LogP contribution in [0.25, 0.3) is 38.2 Å². The van der Waals surface area contributed by atoms with Crippen molar-refractivity contribution in [1.29, 1.82) is 0 Å². The zero-order valence-electron chi connectivity index (χ0n) is 13.2. The number of rotatable bonds is 2. The summed E-state index contributed by atoms with van der Waals surface area (Å²) in [4.78, 5) is 0. The molecule has 0 saturated carbocycles. The minimum atomic E-state index is 1.10. The molecule has 0 unspecified atom stereocenters. The highest BCUT2D eigenvalue weighted by atomic mass is 14.2. The second-order valence-corrected chi connectivity index (χ2v) is 5.99. The van der Waals surface area contributed by atoms with Gasteiger partial charge in [0.25, 0.3) is 0 Å². The molecule has 0 radical (unpaired) electrons. The summed E-state index contributed by atoms with van der Waals surface area (Å²) in [5.41, 5.74) is 4.89. The van der Waals surface area contributed by atoms with Gasteiger partial charge < -0.3 is 0 Å². The average Bonchev–Trinajstić information content (AvgIpc) is 2.61. The Morgan fingerprint density at radius 2 is 1.09 bits per heavy atom. The van der Waals surface area contributed by atoms with Crippen LogP contribution >= 0.6 is 0 Å². The third-order valence-corrected chi connectivity index (χ3v) is 4.42. The van der Waals surface area contributed by atoms with Crippen molar-refractivity contribution in [2.24, 2.45) is 0 Å². The predicted octanol–water partition coefficient (Wildman–Crippen LogP) is 6.69. The van der Waals surface area contributed by atoms with Gasteiger partial charge in [0.1, 0.15) is 0 Å². The third-order valence-electron chi connectivity index (χ3n) is 4.42. The molecule has 4 rings (SSSR count). The van der Waals surface area contributed by atoms with Crippen LogP contribution in [0.2, 0.25) is 0 Å². The van der Waals surface area contributed by atoms with Crippen LogP contribution in [-0.4, -0.2) is 0 Å². The summed E-state index contributed by atoms with van der Waals surface area (Å²) >= 11 is 0. The van der Waals surface area contributed by atoms with Gasteiger partial charge in [-0.1, -0.05) is 85.4 Å². The molecular formula is C23H18. The first-order chi connectivity index (χ1) is 11.3. The van der Waals surface area contributed by atoms with Crippen LogP contribution in [0.15, 0.2) is 85.4 Å². The highest BCUT2D eigenvalue weighted by molar-refractivity contribution is 6.18. The van der Waals surface area contributed by atoms with Crippen molar-refractivity contribution in [1.82, 2.24) is 0 Å². The van der Waals surface area contributed by atoms with E-state index < -0.39 is 0 Å². The lowest BCUT2D eigenvalue weighted by atomic mass is 9.86. The van der Waals surface area contributed by atoms with Gasteiger partial charge in [-0.15, -0.1) is 0 Å². The second kappa shape index (κ2) is 5.40. The summed E-state index contributed by atoms with van der Waals surface area (Å²) in [7, 11) is 0. The number of allylic oxidation sites excluding steroid dienone is 1.